The third kappa shape index (κ3) is 2.49. The van der Waals surface area contributed by atoms with Crippen molar-refractivity contribution in [3.63, 3.8) is 0 Å². The van der Waals surface area contributed by atoms with Gasteiger partial charge in [0, 0.05) is 11.6 Å². The lowest BCUT2D eigenvalue weighted by atomic mass is 9.98. The molecule has 0 aliphatic heterocycles. The molecule has 0 atom stereocenters. The van der Waals surface area contributed by atoms with Crippen LogP contribution in [0.3, 0.4) is 0 Å². The average Bonchev–Trinajstić information content (AvgIpc) is 2.32. The van der Waals surface area contributed by atoms with Crippen molar-refractivity contribution >= 4 is 15.9 Å². The average molecular weight is 309 g/mol. The summed E-state index contributed by atoms with van der Waals surface area (Å²) in [6.45, 7) is 0.405. The summed E-state index contributed by atoms with van der Waals surface area (Å²) >= 11 is 3.40. The highest BCUT2D eigenvalue weighted by Crippen LogP contribution is 2.39. The predicted octanol–water partition coefficient (Wildman–Crippen LogP) is 3.67. The Hall–Kier alpha value is -1.52. The molecule has 2 rings (SSSR count). The summed E-state index contributed by atoms with van der Waals surface area (Å²) in [7, 11) is 1.61. The number of aromatic hydroxyl groups is 2. The maximum Gasteiger partial charge on any atom is 0.127 e. The number of ether oxygens (including phenoxy) is 1. The van der Waals surface area contributed by atoms with E-state index in [1.54, 1.807) is 25.3 Å². The largest absolute Gasteiger partial charge is 0.507 e. The van der Waals surface area contributed by atoms with Crippen LogP contribution in [-0.4, -0.2) is 17.3 Å². The highest BCUT2D eigenvalue weighted by molar-refractivity contribution is 9.10. The molecule has 0 amide bonds. The first-order valence-electron chi connectivity index (χ1n) is 5.42. The van der Waals surface area contributed by atoms with E-state index in [0.29, 0.717) is 12.2 Å². The lowest BCUT2D eigenvalue weighted by Crippen LogP contribution is -1.93. The third-order valence-corrected chi connectivity index (χ3v) is 3.15. The molecule has 2 N–H and O–H groups in total. The third-order valence-electron chi connectivity index (χ3n) is 2.66. The minimum absolute atomic E-state index is 0.0506. The van der Waals surface area contributed by atoms with Crippen molar-refractivity contribution in [2.45, 2.75) is 6.61 Å². The van der Waals surface area contributed by atoms with Gasteiger partial charge in [-0.05, 0) is 35.4 Å². The van der Waals surface area contributed by atoms with E-state index in [4.69, 9.17) is 4.74 Å². The second-order valence-electron chi connectivity index (χ2n) is 3.91. The number of hydrogen-bond donors (Lipinski definition) is 2. The molecule has 0 saturated heterocycles. The molecule has 0 radical (unpaired) electrons. The minimum atomic E-state index is 0.0506. The van der Waals surface area contributed by atoms with Gasteiger partial charge in [0.1, 0.15) is 11.5 Å². The predicted molar refractivity (Wildman–Crippen MR) is 73.6 cm³/mol. The molecule has 3 nitrogen and oxygen atoms in total. The van der Waals surface area contributed by atoms with Gasteiger partial charge in [-0.15, -0.1) is 0 Å². The van der Waals surface area contributed by atoms with E-state index in [1.807, 2.05) is 18.2 Å². The van der Waals surface area contributed by atoms with Crippen LogP contribution in [0.2, 0.25) is 0 Å². The van der Waals surface area contributed by atoms with Crippen molar-refractivity contribution in [1.29, 1.82) is 0 Å². The normalized spacial score (nSPS) is 10.6. The first kappa shape index (κ1) is 12.9. The molecule has 0 unspecified atom stereocenters. The molecule has 0 bridgehead atoms. The van der Waals surface area contributed by atoms with Crippen LogP contribution in [0.1, 0.15) is 5.56 Å². The zero-order valence-electron chi connectivity index (χ0n) is 9.85. The van der Waals surface area contributed by atoms with Crippen molar-refractivity contribution in [1.82, 2.24) is 0 Å². The zero-order chi connectivity index (χ0) is 13.1. The SMILES string of the molecule is COCc1cc(Br)ccc1-c1c(O)cccc1O. The van der Waals surface area contributed by atoms with Gasteiger partial charge in [0.2, 0.25) is 0 Å². The molecule has 18 heavy (non-hydrogen) atoms. The number of benzene rings is 2. The van der Waals surface area contributed by atoms with Crippen LogP contribution in [0, 0.1) is 0 Å². The second-order valence-corrected chi connectivity index (χ2v) is 4.82. The van der Waals surface area contributed by atoms with Crippen molar-refractivity contribution in [3.8, 4) is 22.6 Å². The van der Waals surface area contributed by atoms with Crippen LogP contribution in [0.4, 0.5) is 0 Å². The summed E-state index contributed by atoms with van der Waals surface area (Å²) in [4.78, 5) is 0. The van der Waals surface area contributed by atoms with Gasteiger partial charge < -0.3 is 14.9 Å². The Bertz CT molecular complexity index is 547. The van der Waals surface area contributed by atoms with Crippen LogP contribution < -0.4 is 0 Å². The number of rotatable bonds is 3. The van der Waals surface area contributed by atoms with E-state index in [9.17, 15) is 10.2 Å². The van der Waals surface area contributed by atoms with Crippen LogP contribution in [0.15, 0.2) is 40.9 Å². The van der Waals surface area contributed by atoms with E-state index < -0.39 is 0 Å². The van der Waals surface area contributed by atoms with Gasteiger partial charge in [-0.3, -0.25) is 0 Å². The fourth-order valence-electron chi connectivity index (χ4n) is 1.89. The molecule has 94 valence electrons. The first-order chi connectivity index (χ1) is 8.63. The Balaban J connectivity index is 2.63. The van der Waals surface area contributed by atoms with Gasteiger partial charge in [0.25, 0.3) is 0 Å². The zero-order valence-corrected chi connectivity index (χ0v) is 11.4. The molecule has 0 aliphatic rings. The van der Waals surface area contributed by atoms with Crippen molar-refractivity contribution in [2.75, 3.05) is 7.11 Å². The van der Waals surface area contributed by atoms with E-state index in [2.05, 4.69) is 15.9 Å². The van der Waals surface area contributed by atoms with Crippen LogP contribution in [-0.2, 0) is 11.3 Å². The van der Waals surface area contributed by atoms with Gasteiger partial charge in [0.05, 0.1) is 12.2 Å². The number of hydrogen-bond acceptors (Lipinski definition) is 3. The smallest absolute Gasteiger partial charge is 0.127 e. The number of halogens is 1. The highest BCUT2D eigenvalue weighted by atomic mass is 79.9. The van der Waals surface area contributed by atoms with Gasteiger partial charge in [-0.1, -0.05) is 28.1 Å². The Labute approximate surface area is 114 Å². The summed E-state index contributed by atoms with van der Waals surface area (Å²) in [5.74, 6) is 0.101. The first-order valence-corrected chi connectivity index (χ1v) is 6.21. The molecule has 4 heteroatoms. The Kier molecular flexibility index (Phi) is 3.89. The van der Waals surface area contributed by atoms with E-state index >= 15 is 0 Å². The quantitative estimate of drug-likeness (QED) is 0.909. The summed E-state index contributed by atoms with van der Waals surface area (Å²) in [6.07, 6.45) is 0. The molecule has 0 fully saturated rings. The van der Waals surface area contributed by atoms with Crippen LogP contribution in [0.5, 0.6) is 11.5 Å². The maximum absolute atomic E-state index is 9.89. The molecular weight excluding hydrogens is 296 g/mol. The Morgan fingerprint density at radius 1 is 1.11 bits per heavy atom. The van der Waals surface area contributed by atoms with Crippen LogP contribution in [0.25, 0.3) is 11.1 Å². The lowest BCUT2D eigenvalue weighted by molar-refractivity contribution is 0.185. The lowest BCUT2D eigenvalue weighted by Gasteiger charge is -2.12. The second kappa shape index (κ2) is 5.42. The van der Waals surface area contributed by atoms with Gasteiger partial charge >= 0.3 is 0 Å². The maximum atomic E-state index is 9.89. The molecule has 2 aromatic rings. The van der Waals surface area contributed by atoms with E-state index in [1.165, 1.54) is 0 Å². The van der Waals surface area contributed by atoms with Gasteiger partial charge in [0.15, 0.2) is 0 Å². The standard InChI is InChI=1S/C14H13BrO3/c1-18-8-9-7-10(15)5-6-11(9)14-12(16)3-2-4-13(14)17/h2-7,16-17H,8H2,1H3. The highest BCUT2D eigenvalue weighted by Gasteiger charge is 2.13. The molecule has 0 heterocycles. The number of methoxy groups -OCH3 is 1. The summed E-state index contributed by atoms with van der Waals surface area (Å²) < 4.78 is 6.06. The van der Waals surface area contributed by atoms with E-state index in [0.717, 1.165) is 15.6 Å². The Morgan fingerprint density at radius 3 is 2.39 bits per heavy atom. The number of phenols is 2. The minimum Gasteiger partial charge on any atom is -0.507 e. The molecule has 0 aliphatic carbocycles. The number of phenolic OH excluding ortho intramolecular Hbond substituents is 2. The van der Waals surface area contributed by atoms with Crippen molar-refractivity contribution < 1.29 is 14.9 Å². The summed E-state index contributed by atoms with van der Waals surface area (Å²) in [5.41, 5.74) is 2.08. The molecule has 0 saturated carbocycles. The van der Waals surface area contributed by atoms with E-state index in [-0.39, 0.29) is 11.5 Å². The van der Waals surface area contributed by atoms with Crippen LogP contribution >= 0.6 is 15.9 Å². The van der Waals surface area contributed by atoms with Gasteiger partial charge in [-0.25, -0.2) is 0 Å². The fraction of sp³-hybridized carbons (Fsp3) is 0.143. The molecule has 0 spiro atoms. The fourth-order valence-corrected chi connectivity index (χ4v) is 2.29. The molecular formula is C14H13BrO3. The van der Waals surface area contributed by atoms with Crippen molar-refractivity contribution in [3.05, 3.63) is 46.4 Å². The summed E-state index contributed by atoms with van der Waals surface area (Å²) in [6, 6.07) is 10.3. The topological polar surface area (TPSA) is 49.7 Å². The summed E-state index contributed by atoms with van der Waals surface area (Å²) in [5, 5.41) is 19.8. The van der Waals surface area contributed by atoms with Crippen molar-refractivity contribution in [2.24, 2.45) is 0 Å². The Morgan fingerprint density at radius 2 is 1.78 bits per heavy atom. The molecule has 0 aromatic heterocycles. The molecule has 2 aromatic carbocycles. The monoisotopic (exact) mass is 308 g/mol. The van der Waals surface area contributed by atoms with Gasteiger partial charge in [-0.2, -0.15) is 0 Å².